The van der Waals surface area contributed by atoms with Crippen molar-refractivity contribution < 1.29 is 18.7 Å². The quantitative estimate of drug-likeness (QED) is 0.784. The second-order valence-corrected chi connectivity index (χ2v) is 7.08. The minimum Gasteiger partial charge on any atom is -0.408 e. The smallest absolute Gasteiger partial charge is 0.408 e. The van der Waals surface area contributed by atoms with Gasteiger partial charge >= 0.3 is 5.76 Å². The Morgan fingerprint density at radius 2 is 1.85 bits per heavy atom. The van der Waals surface area contributed by atoms with Crippen molar-refractivity contribution in [1.29, 1.82) is 0 Å². The number of rotatable bonds is 2. The molecule has 1 atom stereocenters. The van der Waals surface area contributed by atoms with Gasteiger partial charge in [0.05, 0.1) is 5.52 Å². The summed E-state index contributed by atoms with van der Waals surface area (Å²) >= 11 is 0. The molecule has 3 heterocycles. The molecule has 8 heteroatoms. The summed E-state index contributed by atoms with van der Waals surface area (Å²) in [6.45, 7) is 2.86. The number of aromatic nitrogens is 1. The lowest BCUT2D eigenvalue weighted by Crippen LogP contribution is -2.41. The first-order valence-electron chi connectivity index (χ1n) is 9.34. The summed E-state index contributed by atoms with van der Waals surface area (Å²) in [6.07, 6.45) is 2.11. The van der Waals surface area contributed by atoms with Crippen LogP contribution in [0.4, 0.5) is 0 Å². The highest BCUT2D eigenvalue weighted by molar-refractivity contribution is 5.97. The SMILES string of the molecule is Cn1c(=O)oc2cc(C(=O)N3CCCN(C(=O)C4CCCO4)CC3)ccc21. The van der Waals surface area contributed by atoms with Crippen LogP contribution in [0.15, 0.2) is 27.4 Å². The van der Waals surface area contributed by atoms with Gasteiger partial charge < -0.3 is 19.0 Å². The summed E-state index contributed by atoms with van der Waals surface area (Å²) in [4.78, 5) is 40.6. The van der Waals surface area contributed by atoms with Crippen LogP contribution in [-0.4, -0.2) is 65.1 Å². The zero-order chi connectivity index (χ0) is 19.0. The maximum absolute atomic E-state index is 12.9. The predicted molar refractivity (Wildman–Crippen MR) is 97.5 cm³/mol. The van der Waals surface area contributed by atoms with Crippen molar-refractivity contribution in [3.05, 3.63) is 34.3 Å². The Labute approximate surface area is 156 Å². The summed E-state index contributed by atoms with van der Waals surface area (Å²) in [5, 5.41) is 0. The molecule has 1 aromatic carbocycles. The monoisotopic (exact) mass is 373 g/mol. The van der Waals surface area contributed by atoms with Crippen LogP contribution in [0.5, 0.6) is 0 Å². The third kappa shape index (κ3) is 3.37. The number of benzene rings is 1. The standard InChI is InChI=1S/C19H23N3O5/c1-20-14-6-5-13(12-16(14)27-19(20)25)17(23)21-7-3-8-22(10-9-21)18(24)15-4-2-11-26-15/h5-6,12,15H,2-4,7-11H2,1H3. The summed E-state index contributed by atoms with van der Waals surface area (Å²) in [6, 6.07) is 5.04. The predicted octanol–water partition coefficient (Wildman–Crippen LogP) is 0.985. The molecule has 1 unspecified atom stereocenters. The van der Waals surface area contributed by atoms with Crippen LogP contribution in [0.3, 0.4) is 0 Å². The minimum absolute atomic E-state index is 0.0364. The molecule has 2 aliphatic rings. The van der Waals surface area contributed by atoms with Gasteiger partial charge in [-0.3, -0.25) is 14.2 Å². The molecule has 0 bridgehead atoms. The van der Waals surface area contributed by atoms with Gasteiger partial charge in [0.15, 0.2) is 5.58 Å². The Morgan fingerprint density at radius 1 is 1.07 bits per heavy atom. The second-order valence-electron chi connectivity index (χ2n) is 7.08. The van der Waals surface area contributed by atoms with E-state index in [1.54, 1.807) is 30.1 Å². The zero-order valence-electron chi connectivity index (χ0n) is 15.3. The van der Waals surface area contributed by atoms with Crippen LogP contribution >= 0.6 is 0 Å². The minimum atomic E-state index is -0.451. The number of aryl methyl sites for hydroxylation is 1. The number of fused-ring (bicyclic) bond motifs is 1. The molecule has 0 spiro atoms. The fourth-order valence-corrected chi connectivity index (χ4v) is 3.77. The maximum atomic E-state index is 12.9. The number of oxazole rings is 1. The molecule has 1 aromatic heterocycles. The molecule has 27 heavy (non-hydrogen) atoms. The Hall–Kier alpha value is -2.61. The molecule has 8 nitrogen and oxygen atoms in total. The van der Waals surface area contributed by atoms with Crippen LogP contribution in [0, 0.1) is 0 Å². The Morgan fingerprint density at radius 3 is 2.63 bits per heavy atom. The molecule has 4 rings (SSSR count). The molecule has 144 valence electrons. The average molecular weight is 373 g/mol. The number of hydrogen-bond acceptors (Lipinski definition) is 5. The Kier molecular flexibility index (Phi) is 4.73. The van der Waals surface area contributed by atoms with Crippen LogP contribution in [0.2, 0.25) is 0 Å². The molecule has 2 fully saturated rings. The summed E-state index contributed by atoms with van der Waals surface area (Å²) in [5.74, 6) is -0.531. The topological polar surface area (TPSA) is 85.0 Å². The lowest BCUT2D eigenvalue weighted by molar-refractivity contribution is -0.140. The molecular weight excluding hydrogens is 350 g/mol. The number of carbonyl (C=O) groups excluding carboxylic acids is 2. The van der Waals surface area contributed by atoms with Crippen molar-refractivity contribution in [3.8, 4) is 0 Å². The van der Waals surface area contributed by atoms with Crippen LogP contribution < -0.4 is 5.76 Å². The van der Waals surface area contributed by atoms with Crippen molar-refractivity contribution in [2.24, 2.45) is 7.05 Å². The van der Waals surface area contributed by atoms with E-state index in [-0.39, 0.29) is 17.9 Å². The van der Waals surface area contributed by atoms with Gasteiger partial charge in [-0.25, -0.2) is 4.79 Å². The van der Waals surface area contributed by atoms with E-state index < -0.39 is 5.76 Å². The van der Waals surface area contributed by atoms with E-state index in [2.05, 4.69) is 0 Å². The van der Waals surface area contributed by atoms with Gasteiger partial charge in [-0.1, -0.05) is 0 Å². The molecule has 2 aromatic rings. The Balaban J connectivity index is 1.46. The number of nitrogens with zero attached hydrogens (tertiary/aromatic N) is 3. The number of ether oxygens (including phenoxy) is 1. The molecule has 0 radical (unpaired) electrons. The first kappa shape index (κ1) is 17.8. The van der Waals surface area contributed by atoms with Gasteiger partial charge in [-0.15, -0.1) is 0 Å². The van der Waals surface area contributed by atoms with Gasteiger partial charge in [-0.2, -0.15) is 0 Å². The van der Waals surface area contributed by atoms with E-state index in [0.717, 1.165) is 19.3 Å². The van der Waals surface area contributed by atoms with E-state index in [1.165, 1.54) is 4.57 Å². The summed E-state index contributed by atoms with van der Waals surface area (Å²) in [7, 11) is 1.63. The number of hydrogen-bond donors (Lipinski definition) is 0. The highest BCUT2D eigenvalue weighted by atomic mass is 16.5. The van der Waals surface area contributed by atoms with E-state index >= 15 is 0 Å². The third-order valence-corrected chi connectivity index (χ3v) is 5.34. The van der Waals surface area contributed by atoms with Crippen molar-refractivity contribution in [2.75, 3.05) is 32.8 Å². The van der Waals surface area contributed by atoms with Crippen molar-refractivity contribution >= 4 is 22.9 Å². The lowest BCUT2D eigenvalue weighted by Gasteiger charge is -2.24. The molecule has 0 aliphatic carbocycles. The van der Waals surface area contributed by atoms with Gasteiger partial charge in [0.2, 0.25) is 0 Å². The van der Waals surface area contributed by atoms with Crippen molar-refractivity contribution in [1.82, 2.24) is 14.4 Å². The molecule has 2 amide bonds. The zero-order valence-corrected chi connectivity index (χ0v) is 15.3. The largest absolute Gasteiger partial charge is 0.419 e. The molecular formula is C19H23N3O5. The van der Waals surface area contributed by atoms with Gasteiger partial charge in [0.1, 0.15) is 6.10 Å². The van der Waals surface area contributed by atoms with E-state index in [0.29, 0.717) is 49.4 Å². The lowest BCUT2D eigenvalue weighted by atomic mass is 10.1. The number of amides is 2. The average Bonchev–Trinajstić information content (AvgIpc) is 3.22. The third-order valence-electron chi connectivity index (χ3n) is 5.34. The first-order chi connectivity index (χ1) is 13.0. The molecule has 2 aliphatic heterocycles. The second kappa shape index (κ2) is 7.19. The van der Waals surface area contributed by atoms with Crippen LogP contribution in [0.1, 0.15) is 29.6 Å². The summed E-state index contributed by atoms with van der Waals surface area (Å²) in [5.41, 5.74) is 1.54. The van der Waals surface area contributed by atoms with E-state index in [9.17, 15) is 14.4 Å². The van der Waals surface area contributed by atoms with Gasteiger partial charge in [0, 0.05) is 45.4 Å². The first-order valence-corrected chi connectivity index (χ1v) is 9.34. The number of carbonyl (C=O) groups is 2. The normalized spacial score (nSPS) is 20.9. The highest BCUT2D eigenvalue weighted by Gasteiger charge is 2.30. The Bertz CT molecular complexity index is 925. The van der Waals surface area contributed by atoms with Gasteiger partial charge in [0.25, 0.3) is 11.8 Å². The van der Waals surface area contributed by atoms with Gasteiger partial charge in [-0.05, 0) is 37.5 Å². The fourth-order valence-electron chi connectivity index (χ4n) is 3.77. The molecule has 0 saturated carbocycles. The van der Waals surface area contributed by atoms with Crippen molar-refractivity contribution in [2.45, 2.75) is 25.4 Å². The van der Waals surface area contributed by atoms with E-state index in [1.807, 2.05) is 4.90 Å². The van der Waals surface area contributed by atoms with Crippen LogP contribution in [0.25, 0.3) is 11.1 Å². The maximum Gasteiger partial charge on any atom is 0.419 e. The summed E-state index contributed by atoms with van der Waals surface area (Å²) < 4.78 is 12.1. The van der Waals surface area contributed by atoms with E-state index in [4.69, 9.17) is 9.15 Å². The highest BCUT2D eigenvalue weighted by Crippen LogP contribution is 2.19. The molecule has 0 N–H and O–H groups in total. The molecule has 2 saturated heterocycles. The van der Waals surface area contributed by atoms with Crippen molar-refractivity contribution in [3.63, 3.8) is 0 Å². The fraction of sp³-hybridized carbons (Fsp3) is 0.526. The van der Waals surface area contributed by atoms with Crippen LogP contribution in [-0.2, 0) is 16.6 Å².